The Morgan fingerprint density at radius 1 is 1.33 bits per heavy atom. The van der Waals surface area contributed by atoms with E-state index in [4.69, 9.17) is 9.47 Å². The maximum Gasteiger partial charge on any atom is 0.322 e. The van der Waals surface area contributed by atoms with Gasteiger partial charge in [-0.25, -0.2) is 0 Å². The molecule has 5 nitrogen and oxygen atoms in total. The van der Waals surface area contributed by atoms with Crippen LogP contribution in [0.4, 0.5) is 0 Å². The highest BCUT2D eigenvalue weighted by Gasteiger charge is 2.20. The number of carbonyl (C=O) groups is 1. The van der Waals surface area contributed by atoms with E-state index in [1.54, 1.807) is 13.3 Å². The number of hydrogen-bond donors (Lipinski definition) is 1. The summed E-state index contributed by atoms with van der Waals surface area (Å²) in [6.07, 6.45) is 2.52. The molecular formula is C16H26N2O3. The molecule has 1 aromatic heterocycles. The van der Waals surface area contributed by atoms with Crippen molar-refractivity contribution in [2.24, 2.45) is 5.92 Å². The van der Waals surface area contributed by atoms with Gasteiger partial charge in [0.05, 0.1) is 19.9 Å². The third-order valence-electron chi connectivity index (χ3n) is 3.46. The van der Waals surface area contributed by atoms with Gasteiger partial charge in [-0.2, -0.15) is 0 Å². The van der Waals surface area contributed by atoms with Gasteiger partial charge in [0.1, 0.15) is 11.8 Å². The molecule has 0 aliphatic rings. The monoisotopic (exact) mass is 294 g/mol. The quantitative estimate of drug-likeness (QED) is 0.782. The van der Waals surface area contributed by atoms with Crippen molar-refractivity contribution in [2.45, 2.75) is 46.7 Å². The van der Waals surface area contributed by atoms with E-state index < -0.39 is 0 Å². The van der Waals surface area contributed by atoms with Gasteiger partial charge in [0.25, 0.3) is 0 Å². The van der Waals surface area contributed by atoms with Gasteiger partial charge < -0.3 is 9.47 Å². The Morgan fingerprint density at radius 2 is 2.00 bits per heavy atom. The highest BCUT2D eigenvalue weighted by atomic mass is 16.5. The fraction of sp³-hybridized carbons (Fsp3) is 0.625. The number of carbonyl (C=O) groups excluding carboxylic acids is 1. The molecule has 1 N–H and O–H groups in total. The third-order valence-corrected chi connectivity index (χ3v) is 3.46. The predicted molar refractivity (Wildman–Crippen MR) is 82.4 cm³/mol. The summed E-state index contributed by atoms with van der Waals surface area (Å²) < 4.78 is 10.2. The van der Waals surface area contributed by atoms with Gasteiger partial charge in [0.15, 0.2) is 0 Å². The van der Waals surface area contributed by atoms with Gasteiger partial charge in [-0.1, -0.05) is 13.8 Å². The molecule has 0 amide bonds. The molecule has 0 saturated carbocycles. The van der Waals surface area contributed by atoms with E-state index in [1.807, 2.05) is 13.8 Å². The van der Waals surface area contributed by atoms with Crippen molar-refractivity contribution < 1.29 is 14.3 Å². The molecule has 1 aromatic rings. The van der Waals surface area contributed by atoms with Crippen LogP contribution in [0, 0.1) is 19.8 Å². The standard InChI is InChI=1S/C16H26N2O3/c1-10(2)7-13(16(19)21-6)18-9-14-12(4)15(20-5)11(3)8-17-14/h8,10,13,18H,7,9H2,1-6H3. The van der Waals surface area contributed by atoms with Crippen LogP contribution in [-0.2, 0) is 16.1 Å². The van der Waals surface area contributed by atoms with Gasteiger partial charge in [-0.15, -0.1) is 0 Å². The number of ether oxygens (including phenoxy) is 2. The molecule has 1 unspecified atom stereocenters. The van der Waals surface area contributed by atoms with Crippen LogP contribution < -0.4 is 10.1 Å². The van der Waals surface area contributed by atoms with E-state index in [1.165, 1.54) is 7.11 Å². The average Bonchev–Trinajstić information content (AvgIpc) is 2.44. The molecule has 118 valence electrons. The van der Waals surface area contributed by atoms with Crippen molar-refractivity contribution in [3.05, 3.63) is 23.0 Å². The molecule has 0 saturated heterocycles. The summed E-state index contributed by atoms with van der Waals surface area (Å²) in [5, 5.41) is 3.24. The van der Waals surface area contributed by atoms with Crippen LogP contribution >= 0.6 is 0 Å². The van der Waals surface area contributed by atoms with Gasteiger partial charge in [-0.05, 0) is 26.2 Å². The van der Waals surface area contributed by atoms with Gasteiger partial charge in [-0.3, -0.25) is 15.1 Å². The van der Waals surface area contributed by atoms with E-state index in [-0.39, 0.29) is 12.0 Å². The fourth-order valence-corrected chi connectivity index (χ4v) is 2.35. The zero-order chi connectivity index (χ0) is 16.0. The number of aryl methyl sites for hydroxylation is 1. The lowest BCUT2D eigenvalue weighted by atomic mass is 10.0. The minimum absolute atomic E-state index is 0.236. The van der Waals surface area contributed by atoms with Crippen molar-refractivity contribution in [3.63, 3.8) is 0 Å². The first-order valence-corrected chi connectivity index (χ1v) is 7.21. The van der Waals surface area contributed by atoms with Crippen molar-refractivity contribution in [3.8, 4) is 5.75 Å². The summed E-state index contributed by atoms with van der Waals surface area (Å²) in [6.45, 7) is 8.61. The lowest BCUT2D eigenvalue weighted by Crippen LogP contribution is -2.38. The van der Waals surface area contributed by atoms with Gasteiger partial charge in [0, 0.05) is 23.9 Å². The molecule has 0 spiro atoms. The third kappa shape index (κ3) is 4.70. The number of rotatable bonds is 7. The first-order chi connectivity index (χ1) is 9.90. The Labute approximate surface area is 127 Å². The number of nitrogens with one attached hydrogen (secondary N) is 1. The normalized spacial score (nSPS) is 12.3. The summed E-state index contributed by atoms with van der Waals surface area (Å²) >= 11 is 0. The van der Waals surface area contributed by atoms with Crippen molar-refractivity contribution in [1.82, 2.24) is 10.3 Å². The Bertz CT molecular complexity index is 487. The molecule has 0 fully saturated rings. The molecule has 0 aromatic carbocycles. The maximum atomic E-state index is 11.8. The summed E-state index contributed by atoms with van der Waals surface area (Å²) in [7, 11) is 3.07. The number of pyridine rings is 1. The molecule has 1 rings (SSSR count). The second-order valence-electron chi connectivity index (χ2n) is 5.63. The first kappa shape index (κ1) is 17.4. The molecule has 0 aliphatic heterocycles. The molecule has 5 heteroatoms. The van der Waals surface area contributed by atoms with E-state index in [9.17, 15) is 4.79 Å². The maximum absolute atomic E-state index is 11.8. The van der Waals surface area contributed by atoms with Crippen LogP contribution in [0.1, 0.15) is 37.1 Å². The van der Waals surface area contributed by atoms with Crippen LogP contribution in [0.5, 0.6) is 5.75 Å². The number of nitrogens with zero attached hydrogens (tertiary/aromatic N) is 1. The number of methoxy groups -OCH3 is 2. The molecular weight excluding hydrogens is 268 g/mol. The van der Waals surface area contributed by atoms with Gasteiger partial charge in [0.2, 0.25) is 0 Å². The summed E-state index contributed by atoms with van der Waals surface area (Å²) in [4.78, 5) is 16.2. The number of hydrogen-bond acceptors (Lipinski definition) is 5. The van der Waals surface area contributed by atoms with E-state index in [0.29, 0.717) is 12.5 Å². The minimum atomic E-state index is -0.316. The summed E-state index contributed by atoms with van der Waals surface area (Å²) in [5.74, 6) is 1.02. The largest absolute Gasteiger partial charge is 0.496 e. The molecule has 0 radical (unpaired) electrons. The second-order valence-corrected chi connectivity index (χ2v) is 5.63. The zero-order valence-electron chi connectivity index (χ0n) is 13.8. The minimum Gasteiger partial charge on any atom is -0.496 e. The lowest BCUT2D eigenvalue weighted by Gasteiger charge is -2.19. The first-order valence-electron chi connectivity index (χ1n) is 7.21. The van der Waals surface area contributed by atoms with Crippen LogP contribution in [0.3, 0.4) is 0 Å². The van der Waals surface area contributed by atoms with Crippen molar-refractivity contribution in [2.75, 3.05) is 14.2 Å². The summed E-state index contributed by atoms with van der Waals surface area (Å²) in [6, 6.07) is -0.316. The van der Waals surface area contributed by atoms with Crippen molar-refractivity contribution >= 4 is 5.97 Å². The Hall–Kier alpha value is -1.62. The van der Waals surface area contributed by atoms with Crippen LogP contribution in [0.2, 0.25) is 0 Å². The summed E-state index contributed by atoms with van der Waals surface area (Å²) in [5.41, 5.74) is 2.89. The molecule has 0 bridgehead atoms. The van der Waals surface area contributed by atoms with E-state index in [2.05, 4.69) is 24.1 Å². The topological polar surface area (TPSA) is 60.5 Å². The smallest absolute Gasteiger partial charge is 0.322 e. The molecule has 0 aliphatic carbocycles. The van der Waals surface area contributed by atoms with E-state index in [0.717, 1.165) is 29.0 Å². The number of esters is 1. The predicted octanol–water partition coefficient (Wildman–Crippen LogP) is 2.38. The Morgan fingerprint density at radius 3 is 2.52 bits per heavy atom. The average molecular weight is 294 g/mol. The van der Waals surface area contributed by atoms with Crippen LogP contribution in [-0.4, -0.2) is 31.2 Å². The number of aromatic nitrogens is 1. The molecule has 21 heavy (non-hydrogen) atoms. The van der Waals surface area contributed by atoms with Gasteiger partial charge >= 0.3 is 5.97 Å². The second kappa shape index (κ2) is 7.98. The Balaban J connectivity index is 2.83. The highest BCUT2D eigenvalue weighted by Crippen LogP contribution is 2.24. The molecule has 1 heterocycles. The molecule has 1 atom stereocenters. The fourth-order valence-electron chi connectivity index (χ4n) is 2.35. The lowest BCUT2D eigenvalue weighted by molar-refractivity contribution is -0.143. The highest BCUT2D eigenvalue weighted by molar-refractivity contribution is 5.75. The van der Waals surface area contributed by atoms with Crippen LogP contribution in [0.15, 0.2) is 6.20 Å². The van der Waals surface area contributed by atoms with Crippen molar-refractivity contribution in [1.29, 1.82) is 0 Å². The zero-order valence-corrected chi connectivity index (χ0v) is 13.8. The SMILES string of the molecule is COC(=O)C(CC(C)C)NCc1ncc(C)c(OC)c1C. The van der Waals surface area contributed by atoms with E-state index >= 15 is 0 Å². The Kier molecular flexibility index (Phi) is 6.62. The van der Waals surface area contributed by atoms with Crippen LogP contribution in [0.25, 0.3) is 0 Å².